The topological polar surface area (TPSA) is 46.0 Å². The Morgan fingerprint density at radius 3 is 2.81 bits per heavy atom. The predicted octanol–water partition coefficient (Wildman–Crippen LogP) is 1.90. The lowest BCUT2D eigenvalue weighted by molar-refractivity contribution is 0.0754. The van der Waals surface area contributed by atoms with Crippen LogP contribution in [0.25, 0.3) is 0 Å². The van der Waals surface area contributed by atoms with Gasteiger partial charge in [0, 0.05) is 37.9 Å². The van der Waals surface area contributed by atoms with Crippen molar-refractivity contribution in [1.29, 1.82) is 0 Å². The number of aromatic nitrogens is 3. The summed E-state index contributed by atoms with van der Waals surface area (Å²) >= 11 is 0. The first-order valence-corrected chi connectivity index (χ1v) is 8.48. The number of hydrogen-bond acceptors (Lipinski definition) is 4. The zero-order valence-electron chi connectivity index (χ0n) is 13.6. The van der Waals surface area contributed by atoms with Gasteiger partial charge in [-0.2, -0.15) is 0 Å². The van der Waals surface area contributed by atoms with Crippen LogP contribution in [0.3, 0.4) is 0 Å². The highest BCUT2D eigenvalue weighted by Crippen LogP contribution is 2.26. The highest BCUT2D eigenvalue weighted by molar-refractivity contribution is 4.94. The van der Waals surface area contributed by atoms with Crippen LogP contribution >= 0.6 is 0 Å². The van der Waals surface area contributed by atoms with Gasteiger partial charge < -0.3 is 5.32 Å². The first-order valence-electron chi connectivity index (χ1n) is 8.48. The van der Waals surface area contributed by atoms with Crippen molar-refractivity contribution in [2.75, 3.05) is 13.1 Å². The highest BCUT2D eigenvalue weighted by Gasteiger charge is 2.28. The van der Waals surface area contributed by atoms with E-state index < -0.39 is 0 Å². The van der Waals surface area contributed by atoms with Gasteiger partial charge in [0.15, 0.2) is 0 Å². The molecular formula is C16H29N5. The molecule has 0 radical (unpaired) electrons. The van der Waals surface area contributed by atoms with E-state index in [1.807, 2.05) is 4.68 Å². The highest BCUT2D eigenvalue weighted by atomic mass is 15.4. The van der Waals surface area contributed by atoms with Gasteiger partial charge >= 0.3 is 0 Å². The van der Waals surface area contributed by atoms with Crippen molar-refractivity contribution in [2.45, 2.75) is 65.2 Å². The summed E-state index contributed by atoms with van der Waals surface area (Å²) in [4.78, 5) is 2.61. The van der Waals surface area contributed by atoms with E-state index in [1.165, 1.54) is 25.8 Å². The number of likely N-dealkylation sites (tertiary alicyclic amines) is 1. The standard InChI is InChI=1S/C16H29N5/c1-12-8-13(2)14(3)20(10-12)6-7-21-11-16(18-19-21)9-17-15-4-5-15/h11-15,17H,4-10H2,1-3H3. The van der Waals surface area contributed by atoms with Crippen LogP contribution in [0.1, 0.15) is 45.7 Å². The molecule has 5 heteroatoms. The van der Waals surface area contributed by atoms with Crippen LogP contribution < -0.4 is 5.32 Å². The van der Waals surface area contributed by atoms with Crippen molar-refractivity contribution in [3.05, 3.63) is 11.9 Å². The molecule has 3 atom stereocenters. The van der Waals surface area contributed by atoms with Crippen molar-refractivity contribution in [3.63, 3.8) is 0 Å². The van der Waals surface area contributed by atoms with Crippen LogP contribution in [-0.2, 0) is 13.1 Å². The van der Waals surface area contributed by atoms with E-state index in [4.69, 9.17) is 0 Å². The van der Waals surface area contributed by atoms with E-state index in [2.05, 4.69) is 47.5 Å². The van der Waals surface area contributed by atoms with Crippen LogP contribution in [0.2, 0.25) is 0 Å². The second-order valence-electron chi connectivity index (χ2n) is 7.18. The van der Waals surface area contributed by atoms with E-state index in [0.29, 0.717) is 6.04 Å². The number of hydrogen-bond donors (Lipinski definition) is 1. The minimum Gasteiger partial charge on any atom is -0.308 e. The lowest BCUT2D eigenvalue weighted by Crippen LogP contribution is -2.46. The van der Waals surface area contributed by atoms with Crippen LogP contribution in [0.5, 0.6) is 0 Å². The predicted molar refractivity (Wildman–Crippen MR) is 83.9 cm³/mol. The Morgan fingerprint density at radius 2 is 2.05 bits per heavy atom. The largest absolute Gasteiger partial charge is 0.308 e. The molecule has 0 amide bonds. The molecule has 1 aliphatic heterocycles. The SMILES string of the molecule is CC1CC(C)C(C)N(CCn2cc(CNC3CC3)nn2)C1. The van der Waals surface area contributed by atoms with Gasteiger partial charge in [-0.15, -0.1) is 5.10 Å². The third-order valence-corrected chi connectivity index (χ3v) is 5.07. The fraction of sp³-hybridized carbons (Fsp3) is 0.875. The van der Waals surface area contributed by atoms with Gasteiger partial charge in [-0.05, 0) is 38.0 Å². The number of nitrogens with one attached hydrogen (secondary N) is 1. The molecular weight excluding hydrogens is 262 g/mol. The first kappa shape index (κ1) is 15.0. The van der Waals surface area contributed by atoms with Crippen molar-refractivity contribution in [2.24, 2.45) is 11.8 Å². The van der Waals surface area contributed by atoms with E-state index in [9.17, 15) is 0 Å². The van der Waals surface area contributed by atoms with Gasteiger partial charge in [-0.1, -0.05) is 19.1 Å². The summed E-state index contributed by atoms with van der Waals surface area (Å²) in [6.45, 7) is 11.2. The molecule has 118 valence electrons. The maximum absolute atomic E-state index is 4.26. The van der Waals surface area contributed by atoms with Crippen molar-refractivity contribution in [1.82, 2.24) is 25.2 Å². The monoisotopic (exact) mass is 291 g/mol. The molecule has 1 saturated carbocycles. The van der Waals surface area contributed by atoms with Gasteiger partial charge in [-0.25, -0.2) is 0 Å². The van der Waals surface area contributed by atoms with Crippen LogP contribution in [0.4, 0.5) is 0 Å². The molecule has 0 spiro atoms. The normalized spacial score (nSPS) is 30.7. The zero-order chi connectivity index (χ0) is 14.8. The van der Waals surface area contributed by atoms with E-state index in [0.717, 1.165) is 43.2 Å². The molecule has 0 aromatic carbocycles. The molecule has 21 heavy (non-hydrogen) atoms. The Balaban J connectivity index is 1.47. The fourth-order valence-corrected chi connectivity index (χ4v) is 3.42. The van der Waals surface area contributed by atoms with Gasteiger partial charge in [0.1, 0.15) is 0 Å². The van der Waals surface area contributed by atoms with Crippen LogP contribution in [-0.4, -0.2) is 45.1 Å². The lowest BCUT2D eigenvalue weighted by Gasteiger charge is -2.41. The van der Waals surface area contributed by atoms with Crippen molar-refractivity contribution >= 4 is 0 Å². The molecule has 3 rings (SSSR count). The molecule has 2 fully saturated rings. The molecule has 3 unspecified atom stereocenters. The van der Waals surface area contributed by atoms with Gasteiger partial charge in [0.2, 0.25) is 0 Å². The molecule has 1 aliphatic carbocycles. The Kier molecular flexibility index (Phi) is 4.60. The average molecular weight is 291 g/mol. The van der Waals surface area contributed by atoms with Crippen molar-refractivity contribution in [3.8, 4) is 0 Å². The molecule has 2 aliphatic rings. The maximum Gasteiger partial charge on any atom is 0.0964 e. The lowest BCUT2D eigenvalue weighted by atomic mass is 9.86. The third kappa shape index (κ3) is 4.04. The van der Waals surface area contributed by atoms with Crippen LogP contribution in [0.15, 0.2) is 6.20 Å². The van der Waals surface area contributed by atoms with E-state index in [1.54, 1.807) is 0 Å². The molecule has 1 aromatic heterocycles. The minimum atomic E-state index is 0.681. The van der Waals surface area contributed by atoms with Gasteiger partial charge in [-0.3, -0.25) is 9.58 Å². The van der Waals surface area contributed by atoms with Gasteiger partial charge in [0.25, 0.3) is 0 Å². The average Bonchev–Trinajstić information content (AvgIpc) is 3.17. The molecule has 2 heterocycles. The summed E-state index contributed by atoms with van der Waals surface area (Å²) in [7, 11) is 0. The second kappa shape index (κ2) is 6.44. The Bertz CT molecular complexity index is 453. The smallest absolute Gasteiger partial charge is 0.0964 e. The Morgan fingerprint density at radius 1 is 1.24 bits per heavy atom. The number of piperidine rings is 1. The number of nitrogens with zero attached hydrogens (tertiary/aromatic N) is 4. The fourth-order valence-electron chi connectivity index (χ4n) is 3.42. The summed E-state index contributed by atoms with van der Waals surface area (Å²) in [5.74, 6) is 1.60. The summed E-state index contributed by atoms with van der Waals surface area (Å²) in [5, 5.41) is 12.0. The molecule has 0 bridgehead atoms. The van der Waals surface area contributed by atoms with Crippen molar-refractivity contribution < 1.29 is 0 Å². The molecule has 5 nitrogen and oxygen atoms in total. The van der Waals surface area contributed by atoms with E-state index in [-0.39, 0.29) is 0 Å². The quantitative estimate of drug-likeness (QED) is 0.869. The third-order valence-electron chi connectivity index (χ3n) is 5.07. The second-order valence-corrected chi connectivity index (χ2v) is 7.18. The summed E-state index contributed by atoms with van der Waals surface area (Å²) in [6.07, 6.45) is 6.09. The summed E-state index contributed by atoms with van der Waals surface area (Å²) in [6, 6.07) is 1.41. The Labute approximate surface area is 128 Å². The number of rotatable bonds is 6. The minimum absolute atomic E-state index is 0.681. The van der Waals surface area contributed by atoms with E-state index >= 15 is 0 Å². The Hall–Kier alpha value is -0.940. The molecule has 1 aromatic rings. The zero-order valence-corrected chi connectivity index (χ0v) is 13.6. The first-order chi connectivity index (χ1) is 10.1. The van der Waals surface area contributed by atoms with Gasteiger partial charge in [0.05, 0.1) is 12.2 Å². The summed E-state index contributed by atoms with van der Waals surface area (Å²) < 4.78 is 2.00. The molecule has 1 saturated heterocycles. The molecule has 1 N–H and O–H groups in total. The summed E-state index contributed by atoms with van der Waals surface area (Å²) in [5.41, 5.74) is 1.07. The maximum atomic E-state index is 4.26. The van der Waals surface area contributed by atoms with Crippen LogP contribution in [0, 0.1) is 11.8 Å².